The van der Waals surface area contributed by atoms with Crippen molar-refractivity contribution in [3.05, 3.63) is 0 Å². The second kappa shape index (κ2) is 7.85. The van der Waals surface area contributed by atoms with Crippen molar-refractivity contribution in [2.24, 2.45) is 5.92 Å². The fourth-order valence-corrected chi connectivity index (χ4v) is 3.24. The van der Waals surface area contributed by atoms with Gasteiger partial charge in [0.05, 0.1) is 5.92 Å². The molecule has 1 saturated heterocycles. The van der Waals surface area contributed by atoms with Crippen LogP contribution in [0.25, 0.3) is 0 Å². The predicted molar refractivity (Wildman–Crippen MR) is 78.1 cm³/mol. The molecule has 0 radical (unpaired) electrons. The number of rotatable bonds is 5. The molecule has 110 valence electrons. The van der Waals surface area contributed by atoms with Crippen LogP contribution in [-0.4, -0.2) is 50.1 Å². The summed E-state index contributed by atoms with van der Waals surface area (Å²) >= 11 is 0. The number of amides is 1. The van der Waals surface area contributed by atoms with Gasteiger partial charge < -0.3 is 15.5 Å². The maximum absolute atomic E-state index is 11.9. The summed E-state index contributed by atoms with van der Waals surface area (Å²) in [6.45, 7) is 3.66. The summed E-state index contributed by atoms with van der Waals surface area (Å²) in [5, 5.41) is 6.66. The molecule has 2 rings (SSSR count). The fourth-order valence-electron chi connectivity index (χ4n) is 3.24. The van der Waals surface area contributed by atoms with Gasteiger partial charge in [-0.1, -0.05) is 25.7 Å². The van der Waals surface area contributed by atoms with Gasteiger partial charge in [0, 0.05) is 25.7 Å². The molecule has 2 aliphatic rings. The van der Waals surface area contributed by atoms with Gasteiger partial charge in [-0.05, 0) is 32.9 Å². The predicted octanol–water partition coefficient (Wildman–Crippen LogP) is 1.37. The number of carbonyl (C=O) groups excluding carboxylic acids is 1. The van der Waals surface area contributed by atoms with E-state index in [1.165, 1.54) is 38.5 Å². The summed E-state index contributed by atoms with van der Waals surface area (Å²) in [6, 6.07) is 0.678. The highest BCUT2D eigenvalue weighted by Gasteiger charge is 2.25. The first-order valence-electron chi connectivity index (χ1n) is 7.95. The van der Waals surface area contributed by atoms with Crippen LogP contribution in [0.4, 0.5) is 0 Å². The highest BCUT2D eigenvalue weighted by atomic mass is 16.1. The van der Waals surface area contributed by atoms with Crippen LogP contribution in [0, 0.1) is 5.92 Å². The second-order valence-corrected chi connectivity index (χ2v) is 6.18. The monoisotopic (exact) mass is 267 g/mol. The zero-order valence-electron chi connectivity index (χ0n) is 12.3. The Morgan fingerprint density at radius 3 is 2.47 bits per heavy atom. The summed E-state index contributed by atoms with van der Waals surface area (Å²) in [6.07, 6.45) is 9.13. The van der Waals surface area contributed by atoms with E-state index < -0.39 is 0 Å². The Bertz CT molecular complexity index is 275. The lowest BCUT2D eigenvalue weighted by Gasteiger charge is -2.17. The van der Waals surface area contributed by atoms with Crippen LogP contribution in [-0.2, 0) is 4.79 Å². The van der Waals surface area contributed by atoms with Gasteiger partial charge in [0.25, 0.3) is 0 Å². The lowest BCUT2D eigenvalue weighted by atomic mass is 10.1. The Morgan fingerprint density at radius 2 is 1.84 bits per heavy atom. The molecule has 0 spiro atoms. The van der Waals surface area contributed by atoms with Crippen LogP contribution in [0.2, 0.25) is 0 Å². The van der Waals surface area contributed by atoms with Gasteiger partial charge in [-0.2, -0.15) is 0 Å². The molecule has 0 aromatic heterocycles. The molecule has 0 bridgehead atoms. The minimum absolute atomic E-state index is 0.211. The van der Waals surface area contributed by atoms with Crippen LogP contribution in [0.15, 0.2) is 0 Å². The second-order valence-electron chi connectivity index (χ2n) is 6.18. The molecule has 1 unspecified atom stereocenters. The SMILES string of the molecule is CN1CCC(C(=O)NCCNC2CCCCCC2)C1. The maximum atomic E-state index is 11.9. The van der Waals surface area contributed by atoms with E-state index in [2.05, 4.69) is 22.6 Å². The van der Waals surface area contributed by atoms with E-state index in [1.807, 2.05) is 0 Å². The summed E-state index contributed by atoms with van der Waals surface area (Å²) in [5.41, 5.74) is 0. The third kappa shape index (κ3) is 5.11. The van der Waals surface area contributed by atoms with Crippen molar-refractivity contribution in [1.29, 1.82) is 0 Å². The Morgan fingerprint density at radius 1 is 1.11 bits per heavy atom. The first kappa shape index (κ1) is 14.8. The molecular weight excluding hydrogens is 238 g/mol. The van der Waals surface area contributed by atoms with E-state index >= 15 is 0 Å². The molecule has 1 heterocycles. The average molecular weight is 267 g/mol. The molecule has 0 aromatic carbocycles. The zero-order valence-corrected chi connectivity index (χ0v) is 12.3. The van der Waals surface area contributed by atoms with Gasteiger partial charge in [-0.15, -0.1) is 0 Å². The normalized spacial score (nSPS) is 26.3. The van der Waals surface area contributed by atoms with E-state index in [4.69, 9.17) is 0 Å². The van der Waals surface area contributed by atoms with Crippen LogP contribution < -0.4 is 10.6 Å². The molecule has 1 aliphatic carbocycles. The third-order valence-corrected chi connectivity index (χ3v) is 4.47. The molecule has 1 amide bonds. The molecule has 0 aromatic rings. The van der Waals surface area contributed by atoms with Gasteiger partial charge in [0.15, 0.2) is 0 Å². The molecule has 1 aliphatic heterocycles. The number of carbonyl (C=O) groups is 1. The Balaban J connectivity index is 1.54. The summed E-state index contributed by atoms with van der Waals surface area (Å²) < 4.78 is 0. The van der Waals surface area contributed by atoms with Gasteiger partial charge in [0.2, 0.25) is 5.91 Å². The largest absolute Gasteiger partial charge is 0.355 e. The minimum atomic E-state index is 0.211. The van der Waals surface area contributed by atoms with Crippen molar-refractivity contribution in [1.82, 2.24) is 15.5 Å². The smallest absolute Gasteiger partial charge is 0.224 e. The Hall–Kier alpha value is -0.610. The lowest BCUT2D eigenvalue weighted by molar-refractivity contribution is -0.124. The van der Waals surface area contributed by atoms with Crippen LogP contribution >= 0.6 is 0 Å². The molecule has 2 fully saturated rings. The summed E-state index contributed by atoms with van der Waals surface area (Å²) in [5.74, 6) is 0.454. The Labute approximate surface area is 117 Å². The molecule has 1 atom stereocenters. The third-order valence-electron chi connectivity index (χ3n) is 4.47. The maximum Gasteiger partial charge on any atom is 0.224 e. The lowest BCUT2D eigenvalue weighted by Crippen LogP contribution is -2.39. The van der Waals surface area contributed by atoms with Gasteiger partial charge in [-0.25, -0.2) is 0 Å². The first-order valence-corrected chi connectivity index (χ1v) is 7.95. The zero-order chi connectivity index (χ0) is 13.5. The van der Waals surface area contributed by atoms with Gasteiger partial charge in [0.1, 0.15) is 0 Å². The average Bonchev–Trinajstić information content (AvgIpc) is 2.68. The van der Waals surface area contributed by atoms with E-state index in [-0.39, 0.29) is 11.8 Å². The number of hydrogen-bond donors (Lipinski definition) is 2. The van der Waals surface area contributed by atoms with Crippen molar-refractivity contribution in [2.45, 2.75) is 51.0 Å². The molecule has 19 heavy (non-hydrogen) atoms. The van der Waals surface area contributed by atoms with E-state index in [9.17, 15) is 4.79 Å². The standard InChI is InChI=1S/C15H29N3O/c1-18-11-8-13(12-18)15(19)17-10-9-16-14-6-4-2-3-5-7-14/h13-14,16H,2-12H2,1H3,(H,17,19). The van der Waals surface area contributed by atoms with Crippen molar-refractivity contribution in [3.63, 3.8) is 0 Å². The molecule has 2 N–H and O–H groups in total. The van der Waals surface area contributed by atoms with Gasteiger partial charge >= 0.3 is 0 Å². The van der Waals surface area contributed by atoms with Crippen molar-refractivity contribution < 1.29 is 4.79 Å². The topological polar surface area (TPSA) is 44.4 Å². The number of likely N-dealkylation sites (tertiary alicyclic amines) is 1. The highest BCUT2D eigenvalue weighted by molar-refractivity contribution is 5.79. The van der Waals surface area contributed by atoms with Crippen LogP contribution in [0.5, 0.6) is 0 Å². The summed E-state index contributed by atoms with van der Waals surface area (Å²) in [4.78, 5) is 14.2. The van der Waals surface area contributed by atoms with E-state index in [0.29, 0.717) is 6.04 Å². The van der Waals surface area contributed by atoms with E-state index in [1.54, 1.807) is 0 Å². The van der Waals surface area contributed by atoms with Crippen molar-refractivity contribution >= 4 is 5.91 Å². The first-order chi connectivity index (χ1) is 9.25. The molecule has 4 heteroatoms. The number of hydrogen-bond acceptors (Lipinski definition) is 3. The van der Waals surface area contributed by atoms with Crippen molar-refractivity contribution in [2.75, 3.05) is 33.2 Å². The molecule has 1 saturated carbocycles. The minimum Gasteiger partial charge on any atom is -0.355 e. The van der Waals surface area contributed by atoms with Crippen molar-refractivity contribution in [3.8, 4) is 0 Å². The highest BCUT2D eigenvalue weighted by Crippen LogP contribution is 2.17. The quantitative estimate of drug-likeness (QED) is 0.584. The molecule has 4 nitrogen and oxygen atoms in total. The summed E-state index contributed by atoms with van der Waals surface area (Å²) in [7, 11) is 2.08. The number of nitrogens with one attached hydrogen (secondary N) is 2. The van der Waals surface area contributed by atoms with Gasteiger partial charge in [-0.3, -0.25) is 4.79 Å². The fraction of sp³-hybridized carbons (Fsp3) is 0.933. The molecular formula is C15H29N3O. The van der Waals surface area contributed by atoms with Crippen LogP contribution in [0.3, 0.4) is 0 Å². The van der Waals surface area contributed by atoms with E-state index in [0.717, 1.165) is 32.6 Å². The number of nitrogens with zero attached hydrogens (tertiary/aromatic N) is 1. The van der Waals surface area contributed by atoms with Crippen LogP contribution in [0.1, 0.15) is 44.9 Å². The Kier molecular flexibility index (Phi) is 6.11.